The van der Waals surface area contributed by atoms with Gasteiger partial charge in [-0.3, -0.25) is 0 Å². The number of aliphatic hydroxyl groups excluding tert-OH is 1. The molecule has 1 N–H and O–H groups in total. The van der Waals surface area contributed by atoms with Gasteiger partial charge in [-0.2, -0.15) is 0 Å². The first-order valence-electron chi connectivity index (χ1n) is 6.88. The number of methoxy groups -OCH3 is 1. The molecule has 1 unspecified atom stereocenters. The van der Waals surface area contributed by atoms with Crippen molar-refractivity contribution in [2.45, 2.75) is 60.0 Å². The van der Waals surface area contributed by atoms with E-state index < -0.39 is 0 Å². The Morgan fingerprint density at radius 1 is 1.00 bits per heavy atom. The molecule has 3 nitrogen and oxygen atoms in total. The van der Waals surface area contributed by atoms with Crippen molar-refractivity contribution in [3.63, 3.8) is 0 Å². The van der Waals surface area contributed by atoms with Gasteiger partial charge in [0.1, 0.15) is 0 Å². The minimum absolute atomic E-state index is 0.0694. The molecule has 0 aromatic rings. The molecular weight excluding hydrogens is 228 g/mol. The van der Waals surface area contributed by atoms with Crippen LogP contribution in [0.25, 0.3) is 0 Å². The van der Waals surface area contributed by atoms with Crippen LogP contribution in [0.15, 0.2) is 0 Å². The number of rotatable bonds is 8. The van der Waals surface area contributed by atoms with Gasteiger partial charge in [-0.25, -0.2) is 0 Å². The molecule has 0 aliphatic rings. The number of aliphatic hydroxyl groups is 1. The Hall–Kier alpha value is -0.120. The standard InChI is InChI=1S/C15H32O3/c1-8-9-14(5,6)18-12-15(10-16,11-17-7)13(2,3)4/h16H,8-12H2,1-7H3. The summed E-state index contributed by atoms with van der Waals surface area (Å²) in [5.74, 6) is 0. The average molecular weight is 260 g/mol. The minimum atomic E-state index is -0.354. The lowest BCUT2D eigenvalue weighted by Crippen LogP contribution is -2.48. The molecule has 0 saturated carbocycles. The molecule has 18 heavy (non-hydrogen) atoms. The van der Waals surface area contributed by atoms with E-state index >= 15 is 0 Å². The van der Waals surface area contributed by atoms with Crippen LogP contribution < -0.4 is 0 Å². The minimum Gasteiger partial charge on any atom is -0.396 e. The van der Waals surface area contributed by atoms with Crippen LogP contribution in [0.3, 0.4) is 0 Å². The SMILES string of the molecule is CCCC(C)(C)OCC(CO)(COC)C(C)(C)C. The van der Waals surface area contributed by atoms with Crippen molar-refractivity contribution in [2.24, 2.45) is 10.8 Å². The van der Waals surface area contributed by atoms with E-state index in [1.54, 1.807) is 7.11 Å². The number of ether oxygens (including phenoxy) is 2. The van der Waals surface area contributed by atoms with Gasteiger partial charge < -0.3 is 14.6 Å². The fraction of sp³-hybridized carbons (Fsp3) is 1.00. The van der Waals surface area contributed by atoms with Gasteiger partial charge in [0.05, 0.1) is 25.4 Å². The van der Waals surface area contributed by atoms with E-state index in [2.05, 4.69) is 41.5 Å². The molecule has 3 heteroatoms. The van der Waals surface area contributed by atoms with Gasteiger partial charge in [0.15, 0.2) is 0 Å². The monoisotopic (exact) mass is 260 g/mol. The lowest BCUT2D eigenvalue weighted by molar-refractivity contribution is -0.140. The maximum atomic E-state index is 9.81. The summed E-state index contributed by atoms with van der Waals surface area (Å²) in [6, 6.07) is 0. The Balaban J connectivity index is 4.81. The zero-order valence-electron chi connectivity index (χ0n) is 13.3. The van der Waals surface area contributed by atoms with E-state index in [4.69, 9.17) is 9.47 Å². The largest absolute Gasteiger partial charge is 0.396 e. The summed E-state index contributed by atoms with van der Waals surface area (Å²) in [7, 11) is 1.67. The summed E-state index contributed by atoms with van der Waals surface area (Å²) in [5, 5.41) is 9.81. The van der Waals surface area contributed by atoms with Gasteiger partial charge in [-0.1, -0.05) is 34.1 Å². The smallest absolute Gasteiger partial charge is 0.0626 e. The highest BCUT2D eigenvalue weighted by Gasteiger charge is 2.43. The lowest BCUT2D eigenvalue weighted by Gasteiger charge is -2.44. The predicted octanol–water partition coefficient (Wildman–Crippen LogP) is 3.25. The third-order valence-corrected chi connectivity index (χ3v) is 3.91. The normalized spacial score (nSPS) is 16.7. The maximum absolute atomic E-state index is 9.81. The Morgan fingerprint density at radius 3 is 1.89 bits per heavy atom. The Bertz CT molecular complexity index is 230. The zero-order chi connectivity index (χ0) is 14.4. The molecular formula is C15H32O3. The molecule has 1 atom stereocenters. The van der Waals surface area contributed by atoms with E-state index in [0.717, 1.165) is 12.8 Å². The molecule has 0 aromatic heterocycles. The molecule has 0 saturated heterocycles. The van der Waals surface area contributed by atoms with Crippen LogP contribution in [0.5, 0.6) is 0 Å². The molecule has 110 valence electrons. The van der Waals surface area contributed by atoms with Gasteiger partial charge in [0, 0.05) is 12.5 Å². The van der Waals surface area contributed by atoms with E-state index in [9.17, 15) is 5.11 Å². The van der Waals surface area contributed by atoms with Crippen LogP contribution in [-0.4, -0.2) is 37.6 Å². The predicted molar refractivity (Wildman–Crippen MR) is 75.8 cm³/mol. The Morgan fingerprint density at radius 2 is 1.56 bits per heavy atom. The van der Waals surface area contributed by atoms with Crippen molar-refractivity contribution < 1.29 is 14.6 Å². The highest BCUT2D eigenvalue weighted by molar-refractivity contribution is 4.90. The summed E-state index contributed by atoms with van der Waals surface area (Å²) >= 11 is 0. The van der Waals surface area contributed by atoms with Crippen molar-refractivity contribution >= 4 is 0 Å². The Labute approximate surface area is 113 Å². The first kappa shape index (κ1) is 17.9. The summed E-state index contributed by atoms with van der Waals surface area (Å²) in [5.41, 5.74) is -0.568. The third-order valence-electron chi connectivity index (χ3n) is 3.91. The van der Waals surface area contributed by atoms with Crippen molar-refractivity contribution in [2.75, 3.05) is 26.9 Å². The molecule has 0 spiro atoms. The summed E-state index contributed by atoms with van der Waals surface area (Å²) in [4.78, 5) is 0. The lowest BCUT2D eigenvalue weighted by atomic mass is 9.68. The maximum Gasteiger partial charge on any atom is 0.0626 e. The quantitative estimate of drug-likeness (QED) is 0.728. The first-order valence-corrected chi connectivity index (χ1v) is 6.88. The first-order chi connectivity index (χ1) is 8.14. The van der Waals surface area contributed by atoms with E-state index in [1.165, 1.54) is 0 Å². The molecule has 0 amide bonds. The molecule has 0 aliphatic carbocycles. The zero-order valence-corrected chi connectivity index (χ0v) is 13.3. The van der Waals surface area contributed by atoms with Crippen LogP contribution in [-0.2, 0) is 9.47 Å². The second-order valence-corrected chi connectivity index (χ2v) is 6.92. The summed E-state index contributed by atoms with van der Waals surface area (Å²) < 4.78 is 11.4. The average Bonchev–Trinajstić information content (AvgIpc) is 2.22. The van der Waals surface area contributed by atoms with Crippen molar-refractivity contribution in [3.8, 4) is 0 Å². The topological polar surface area (TPSA) is 38.7 Å². The van der Waals surface area contributed by atoms with Gasteiger partial charge in [0.2, 0.25) is 0 Å². The highest BCUT2D eigenvalue weighted by atomic mass is 16.5. The molecule has 0 radical (unpaired) electrons. The van der Waals surface area contributed by atoms with Gasteiger partial charge in [-0.05, 0) is 25.7 Å². The summed E-state index contributed by atoms with van der Waals surface area (Å²) in [6.07, 6.45) is 2.12. The van der Waals surface area contributed by atoms with Gasteiger partial charge in [0.25, 0.3) is 0 Å². The van der Waals surface area contributed by atoms with Crippen LogP contribution in [0, 0.1) is 10.8 Å². The fourth-order valence-electron chi connectivity index (χ4n) is 2.09. The summed E-state index contributed by atoms with van der Waals surface area (Å²) in [6.45, 7) is 13.8. The fourth-order valence-corrected chi connectivity index (χ4v) is 2.09. The third kappa shape index (κ3) is 4.87. The second-order valence-electron chi connectivity index (χ2n) is 6.92. The van der Waals surface area contributed by atoms with Gasteiger partial charge >= 0.3 is 0 Å². The molecule has 0 aliphatic heterocycles. The molecule has 0 aromatic carbocycles. The molecule has 0 bridgehead atoms. The van der Waals surface area contributed by atoms with E-state index in [0.29, 0.717) is 13.2 Å². The van der Waals surface area contributed by atoms with Crippen LogP contribution >= 0.6 is 0 Å². The molecule has 0 rings (SSSR count). The molecule has 0 fully saturated rings. The van der Waals surface area contributed by atoms with Crippen LogP contribution in [0.1, 0.15) is 54.4 Å². The van der Waals surface area contributed by atoms with Crippen LogP contribution in [0.4, 0.5) is 0 Å². The van der Waals surface area contributed by atoms with E-state index in [-0.39, 0.29) is 23.0 Å². The number of hydrogen-bond acceptors (Lipinski definition) is 3. The Kier molecular flexibility index (Phi) is 6.83. The highest BCUT2D eigenvalue weighted by Crippen LogP contribution is 2.40. The van der Waals surface area contributed by atoms with E-state index in [1.807, 2.05) is 0 Å². The van der Waals surface area contributed by atoms with Crippen molar-refractivity contribution in [1.82, 2.24) is 0 Å². The second kappa shape index (κ2) is 6.88. The van der Waals surface area contributed by atoms with Crippen molar-refractivity contribution in [1.29, 1.82) is 0 Å². The molecule has 0 heterocycles. The van der Waals surface area contributed by atoms with Gasteiger partial charge in [-0.15, -0.1) is 0 Å². The van der Waals surface area contributed by atoms with Crippen molar-refractivity contribution in [3.05, 3.63) is 0 Å². The van der Waals surface area contributed by atoms with Crippen LogP contribution in [0.2, 0.25) is 0 Å². The number of hydrogen-bond donors (Lipinski definition) is 1.